The fourth-order valence-corrected chi connectivity index (χ4v) is 2.24. The number of nitrogen functional groups attached to an aromatic ring is 1. The third-order valence-electron chi connectivity index (χ3n) is 2.60. The summed E-state index contributed by atoms with van der Waals surface area (Å²) < 4.78 is 5.52. The van der Waals surface area contributed by atoms with E-state index in [-0.39, 0.29) is 0 Å². The average Bonchev–Trinajstić information content (AvgIpc) is 2.73. The molecule has 0 amide bonds. The molecule has 86 valence electrons. The van der Waals surface area contributed by atoms with Gasteiger partial charge in [-0.2, -0.15) is 0 Å². The van der Waals surface area contributed by atoms with E-state index >= 15 is 0 Å². The van der Waals surface area contributed by atoms with Crippen LogP contribution in [0.1, 0.15) is 19.3 Å². The van der Waals surface area contributed by atoms with E-state index in [1.807, 2.05) is 0 Å². The van der Waals surface area contributed by atoms with Crippen LogP contribution in [0.2, 0.25) is 0 Å². The summed E-state index contributed by atoms with van der Waals surface area (Å²) in [6.07, 6.45) is 6.81. The summed E-state index contributed by atoms with van der Waals surface area (Å²) in [5.41, 5.74) is 6.52. The predicted molar refractivity (Wildman–Crippen MR) is 64.0 cm³/mol. The van der Waals surface area contributed by atoms with Crippen molar-refractivity contribution in [1.29, 1.82) is 5.41 Å². The van der Waals surface area contributed by atoms with Crippen LogP contribution in [-0.2, 0) is 0 Å². The van der Waals surface area contributed by atoms with Crippen LogP contribution < -0.4 is 10.5 Å². The minimum Gasteiger partial charge on any atom is -0.468 e. The molecule has 1 unspecified atom stereocenters. The van der Waals surface area contributed by atoms with E-state index in [1.165, 1.54) is 17.6 Å². The average molecular weight is 238 g/mol. The Morgan fingerprint density at radius 1 is 1.62 bits per heavy atom. The van der Waals surface area contributed by atoms with E-state index in [4.69, 9.17) is 15.9 Å². The first-order valence-electron chi connectivity index (χ1n) is 5.22. The summed E-state index contributed by atoms with van der Waals surface area (Å²) in [5.74, 6) is 0.302. The van der Waals surface area contributed by atoms with Crippen molar-refractivity contribution in [2.75, 3.05) is 12.3 Å². The Labute approximate surface area is 97.8 Å². The molecule has 0 bridgehead atoms. The highest BCUT2D eigenvalue weighted by Crippen LogP contribution is 2.26. The molecular weight excluding hydrogens is 224 g/mol. The second kappa shape index (κ2) is 5.07. The SMILES string of the molecule is N=CC1=CCCCC1COc1nnc(N)s1. The third-order valence-corrected chi connectivity index (χ3v) is 3.27. The van der Waals surface area contributed by atoms with Crippen LogP contribution in [0.3, 0.4) is 0 Å². The van der Waals surface area contributed by atoms with Crippen LogP contribution in [-0.4, -0.2) is 23.0 Å². The zero-order valence-corrected chi connectivity index (χ0v) is 9.67. The highest BCUT2D eigenvalue weighted by Gasteiger charge is 2.17. The standard InChI is InChI=1S/C10H14N4OS/c11-5-7-3-1-2-4-8(7)6-15-10-14-13-9(12)16-10/h3,5,8,11H,1-2,4,6H2,(H2,12,13). The molecule has 0 radical (unpaired) electrons. The van der Waals surface area contributed by atoms with Crippen molar-refractivity contribution in [3.05, 3.63) is 11.6 Å². The lowest BCUT2D eigenvalue weighted by atomic mass is 9.89. The second-order valence-corrected chi connectivity index (χ2v) is 4.67. The lowest BCUT2D eigenvalue weighted by molar-refractivity contribution is 0.257. The van der Waals surface area contributed by atoms with Gasteiger partial charge in [-0.3, -0.25) is 0 Å². The number of rotatable bonds is 4. The number of nitrogens with zero attached hydrogens (tertiary/aromatic N) is 2. The molecule has 5 nitrogen and oxygen atoms in total. The van der Waals surface area contributed by atoms with E-state index in [9.17, 15) is 0 Å². The maximum atomic E-state index is 7.32. The van der Waals surface area contributed by atoms with Crippen molar-refractivity contribution < 1.29 is 4.74 Å². The van der Waals surface area contributed by atoms with Gasteiger partial charge in [0.2, 0.25) is 5.13 Å². The lowest BCUT2D eigenvalue weighted by Crippen LogP contribution is -2.17. The first-order valence-corrected chi connectivity index (χ1v) is 6.03. The Hall–Kier alpha value is -1.43. The van der Waals surface area contributed by atoms with Crippen LogP contribution in [0, 0.1) is 11.3 Å². The molecule has 1 heterocycles. The number of anilines is 1. The van der Waals surface area contributed by atoms with E-state index in [0.717, 1.165) is 24.8 Å². The molecule has 0 saturated carbocycles. The number of aromatic nitrogens is 2. The van der Waals surface area contributed by atoms with Crippen LogP contribution in [0.4, 0.5) is 5.13 Å². The number of hydrogen-bond donors (Lipinski definition) is 2. The van der Waals surface area contributed by atoms with Gasteiger partial charge in [-0.05, 0) is 36.2 Å². The van der Waals surface area contributed by atoms with E-state index in [0.29, 0.717) is 22.9 Å². The first-order chi connectivity index (χ1) is 7.79. The largest absolute Gasteiger partial charge is 0.468 e. The molecule has 1 aliphatic rings. The van der Waals surface area contributed by atoms with Crippen molar-refractivity contribution in [3.63, 3.8) is 0 Å². The maximum absolute atomic E-state index is 7.32. The number of nitrogens with two attached hydrogens (primary N) is 1. The Balaban J connectivity index is 1.92. The molecule has 1 aromatic rings. The zero-order valence-electron chi connectivity index (χ0n) is 8.85. The van der Waals surface area contributed by atoms with E-state index < -0.39 is 0 Å². The van der Waals surface area contributed by atoms with Gasteiger partial charge in [0, 0.05) is 12.1 Å². The van der Waals surface area contributed by atoms with E-state index in [2.05, 4.69) is 16.3 Å². The summed E-state index contributed by atoms with van der Waals surface area (Å²) >= 11 is 1.24. The number of nitrogens with one attached hydrogen (secondary N) is 1. The van der Waals surface area contributed by atoms with Gasteiger partial charge in [-0.1, -0.05) is 11.2 Å². The predicted octanol–water partition coefficient (Wildman–Crippen LogP) is 1.88. The van der Waals surface area contributed by atoms with Crippen LogP contribution in [0.5, 0.6) is 5.19 Å². The van der Waals surface area contributed by atoms with Crippen LogP contribution in [0.25, 0.3) is 0 Å². The molecule has 0 saturated heterocycles. The summed E-state index contributed by atoms with van der Waals surface area (Å²) in [7, 11) is 0. The molecule has 0 aromatic carbocycles. The fraction of sp³-hybridized carbons (Fsp3) is 0.500. The Bertz CT molecular complexity index is 401. The summed E-state index contributed by atoms with van der Waals surface area (Å²) in [6, 6.07) is 0. The topological polar surface area (TPSA) is 84.9 Å². The lowest BCUT2D eigenvalue weighted by Gasteiger charge is -2.20. The smallest absolute Gasteiger partial charge is 0.295 e. The van der Waals surface area contributed by atoms with Crippen molar-refractivity contribution in [1.82, 2.24) is 10.2 Å². The van der Waals surface area contributed by atoms with Gasteiger partial charge < -0.3 is 15.9 Å². The zero-order chi connectivity index (χ0) is 11.4. The van der Waals surface area contributed by atoms with Gasteiger partial charge in [-0.25, -0.2) is 0 Å². The highest BCUT2D eigenvalue weighted by atomic mass is 32.1. The summed E-state index contributed by atoms with van der Waals surface area (Å²) in [4.78, 5) is 0. The highest BCUT2D eigenvalue weighted by molar-refractivity contribution is 7.16. The molecular formula is C10H14N4OS. The number of ether oxygens (including phenoxy) is 1. The normalized spacial score (nSPS) is 20.2. The molecule has 1 atom stereocenters. The quantitative estimate of drug-likeness (QED) is 0.784. The van der Waals surface area contributed by atoms with Crippen molar-refractivity contribution in [3.8, 4) is 5.19 Å². The summed E-state index contributed by atoms with van der Waals surface area (Å²) in [5, 5.41) is 15.7. The molecule has 2 rings (SSSR count). The molecule has 1 aliphatic carbocycles. The Morgan fingerprint density at radius 2 is 2.50 bits per heavy atom. The molecule has 3 N–H and O–H groups in total. The van der Waals surface area contributed by atoms with Gasteiger partial charge in [0.05, 0.1) is 6.61 Å². The van der Waals surface area contributed by atoms with Gasteiger partial charge in [0.1, 0.15) is 0 Å². The Morgan fingerprint density at radius 3 is 3.19 bits per heavy atom. The minimum absolute atomic E-state index is 0.302. The molecule has 0 spiro atoms. The molecule has 1 aromatic heterocycles. The van der Waals surface area contributed by atoms with E-state index in [1.54, 1.807) is 0 Å². The number of hydrogen-bond acceptors (Lipinski definition) is 6. The van der Waals surface area contributed by atoms with Gasteiger partial charge >= 0.3 is 0 Å². The van der Waals surface area contributed by atoms with Gasteiger partial charge in [0.25, 0.3) is 5.19 Å². The van der Waals surface area contributed by atoms with Crippen LogP contribution >= 0.6 is 11.3 Å². The van der Waals surface area contributed by atoms with Gasteiger partial charge in [-0.15, -0.1) is 5.10 Å². The molecule has 0 aliphatic heterocycles. The minimum atomic E-state index is 0.302. The monoisotopic (exact) mass is 238 g/mol. The van der Waals surface area contributed by atoms with Crippen molar-refractivity contribution >= 4 is 22.7 Å². The fourth-order valence-electron chi connectivity index (χ4n) is 1.77. The third kappa shape index (κ3) is 2.57. The number of allylic oxidation sites excluding steroid dienone is 1. The Kier molecular flexibility index (Phi) is 3.51. The van der Waals surface area contributed by atoms with Gasteiger partial charge in [0.15, 0.2) is 0 Å². The molecule has 6 heteroatoms. The maximum Gasteiger partial charge on any atom is 0.295 e. The molecule has 16 heavy (non-hydrogen) atoms. The second-order valence-electron chi connectivity index (χ2n) is 3.69. The van der Waals surface area contributed by atoms with Crippen LogP contribution in [0.15, 0.2) is 11.6 Å². The summed E-state index contributed by atoms with van der Waals surface area (Å²) in [6.45, 7) is 0.551. The molecule has 0 fully saturated rings. The first kappa shape index (κ1) is 11.1. The van der Waals surface area contributed by atoms with Crippen molar-refractivity contribution in [2.24, 2.45) is 5.92 Å². The van der Waals surface area contributed by atoms with Crippen molar-refractivity contribution in [2.45, 2.75) is 19.3 Å².